The molecule has 0 amide bonds. The lowest BCUT2D eigenvalue weighted by Crippen LogP contribution is -2.01. The second-order valence-corrected chi connectivity index (χ2v) is 4.09. The summed E-state index contributed by atoms with van der Waals surface area (Å²) in [5.41, 5.74) is 0.950. The molecule has 0 aliphatic rings. The van der Waals surface area contributed by atoms with Gasteiger partial charge in [-0.1, -0.05) is 29.3 Å². The van der Waals surface area contributed by atoms with Gasteiger partial charge in [0.05, 0.1) is 0 Å². The number of carbonyl (C=O) groups excluding carboxylic acids is 1. The van der Waals surface area contributed by atoms with E-state index in [4.69, 9.17) is 23.2 Å². The summed E-state index contributed by atoms with van der Waals surface area (Å²) < 4.78 is 0. The molecule has 0 N–H and O–H groups in total. The van der Waals surface area contributed by atoms with Gasteiger partial charge in [0.15, 0.2) is 0 Å². The van der Waals surface area contributed by atoms with E-state index >= 15 is 0 Å². The number of aryl methyl sites for hydroxylation is 1. The zero-order valence-corrected chi connectivity index (χ0v) is 9.87. The Morgan fingerprint density at radius 3 is 2.64 bits per heavy atom. The summed E-state index contributed by atoms with van der Waals surface area (Å²) >= 11 is 15.6. The lowest BCUT2D eigenvalue weighted by atomic mass is 10.1. The van der Waals surface area contributed by atoms with Gasteiger partial charge in [0.2, 0.25) is 0 Å². The van der Waals surface area contributed by atoms with Crippen molar-refractivity contribution in [1.29, 1.82) is 0 Å². The van der Waals surface area contributed by atoms with Crippen LogP contribution in [0.3, 0.4) is 0 Å². The zero-order valence-electron chi connectivity index (χ0n) is 7.46. The molecule has 0 atom stereocenters. The molecule has 0 unspecified atom stereocenters. The van der Waals surface area contributed by atoms with Crippen LogP contribution in [0.1, 0.15) is 12.0 Å². The van der Waals surface area contributed by atoms with Crippen molar-refractivity contribution in [2.45, 2.75) is 12.8 Å². The molecule has 0 fully saturated rings. The van der Waals surface area contributed by atoms with E-state index in [0.717, 1.165) is 5.56 Å². The van der Waals surface area contributed by atoms with Crippen molar-refractivity contribution >= 4 is 41.6 Å². The van der Waals surface area contributed by atoms with Crippen LogP contribution >= 0.6 is 35.8 Å². The van der Waals surface area contributed by atoms with Gasteiger partial charge in [-0.25, -0.2) is 0 Å². The van der Waals surface area contributed by atoms with Gasteiger partial charge in [0.25, 0.3) is 0 Å². The normalized spacial score (nSPS) is 10.2. The van der Waals surface area contributed by atoms with Gasteiger partial charge in [-0.3, -0.25) is 4.79 Å². The van der Waals surface area contributed by atoms with Crippen molar-refractivity contribution in [1.82, 2.24) is 0 Å². The van der Waals surface area contributed by atoms with Gasteiger partial charge < -0.3 is 0 Å². The van der Waals surface area contributed by atoms with E-state index in [1.54, 1.807) is 12.1 Å². The number of ketones is 1. The number of hydrogen-bond donors (Lipinski definition) is 1. The summed E-state index contributed by atoms with van der Waals surface area (Å²) in [6.07, 6.45) is 1.13. The molecule has 1 nitrogen and oxygen atoms in total. The van der Waals surface area contributed by atoms with Crippen LogP contribution < -0.4 is 0 Å². The first-order chi connectivity index (χ1) is 6.63. The Kier molecular flexibility index (Phi) is 4.79. The topological polar surface area (TPSA) is 17.1 Å². The SMILES string of the molecule is O=C(CS)CCc1ccc(Cl)cc1Cl. The van der Waals surface area contributed by atoms with Crippen molar-refractivity contribution < 1.29 is 4.79 Å². The highest BCUT2D eigenvalue weighted by Crippen LogP contribution is 2.22. The van der Waals surface area contributed by atoms with E-state index in [1.807, 2.05) is 6.07 Å². The molecular formula is C10H10Cl2OS. The molecule has 0 spiro atoms. The summed E-state index contributed by atoms with van der Waals surface area (Å²) in [5, 5.41) is 1.23. The van der Waals surface area contributed by atoms with Crippen molar-refractivity contribution in [2.75, 3.05) is 5.75 Å². The summed E-state index contributed by atoms with van der Waals surface area (Å²) in [5.74, 6) is 0.407. The Hall–Kier alpha value is -0.180. The number of thiol groups is 1. The molecule has 4 heteroatoms. The molecule has 0 aliphatic heterocycles. The lowest BCUT2D eigenvalue weighted by Gasteiger charge is -2.03. The van der Waals surface area contributed by atoms with Crippen molar-refractivity contribution in [3.8, 4) is 0 Å². The van der Waals surface area contributed by atoms with E-state index < -0.39 is 0 Å². The van der Waals surface area contributed by atoms with Gasteiger partial charge >= 0.3 is 0 Å². The second-order valence-electron chi connectivity index (χ2n) is 2.93. The number of hydrogen-bond acceptors (Lipinski definition) is 2. The highest BCUT2D eigenvalue weighted by atomic mass is 35.5. The second kappa shape index (κ2) is 5.64. The minimum absolute atomic E-state index is 0.124. The molecule has 0 aromatic heterocycles. The van der Waals surface area contributed by atoms with Gasteiger partial charge in [-0.05, 0) is 24.1 Å². The van der Waals surface area contributed by atoms with Gasteiger partial charge in [-0.15, -0.1) is 0 Å². The van der Waals surface area contributed by atoms with Crippen LogP contribution in [0.25, 0.3) is 0 Å². The van der Waals surface area contributed by atoms with E-state index in [-0.39, 0.29) is 11.5 Å². The van der Waals surface area contributed by atoms with Crippen LogP contribution in [0.2, 0.25) is 10.0 Å². The number of rotatable bonds is 4. The molecule has 0 saturated heterocycles. The quantitative estimate of drug-likeness (QED) is 0.809. The summed E-state index contributed by atoms with van der Waals surface area (Å²) in [6.45, 7) is 0. The van der Waals surface area contributed by atoms with Crippen molar-refractivity contribution in [2.24, 2.45) is 0 Å². The predicted octanol–water partition coefficient (Wildman–Crippen LogP) is 3.42. The first-order valence-corrected chi connectivity index (χ1v) is 5.59. The van der Waals surface area contributed by atoms with Gasteiger partial charge in [-0.2, -0.15) is 12.6 Å². The third-order valence-corrected chi connectivity index (χ3v) is 2.80. The minimum atomic E-state index is 0.124. The fourth-order valence-electron chi connectivity index (χ4n) is 1.08. The lowest BCUT2D eigenvalue weighted by molar-refractivity contribution is -0.116. The molecule has 14 heavy (non-hydrogen) atoms. The minimum Gasteiger partial charge on any atom is -0.299 e. The van der Waals surface area contributed by atoms with Crippen LogP contribution in [0.15, 0.2) is 18.2 Å². The van der Waals surface area contributed by atoms with Gasteiger partial charge in [0, 0.05) is 22.2 Å². The smallest absolute Gasteiger partial charge is 0.142 e. The molecule has 0 aliphatic carbocycles. The summed E-state index contributed by atoms with van der Waals surface area (Å²) in [6, 6.07) is 5.30. The third kappa shape index (κ3) is 3.52. The summed E-state index contributed by atoms with van der Waals surface area (Å²) in [7, 11) is 0. The van der Waals surface area contributed by atoms with E-state index in [2.05, 4.69) is 12.6 Å². The van der Waals surface area contributed by atoms with Crippen LogP contribution in [0.4, 0.5) is 0 Å². The highest BCUT2D eigenvalue weighted by Gasteiger charge is 2.04. The number of halogens is 2. The Morgan fingerprint density at radius 2 is 2.07 bits per heavy atom. The van der Waals surface area contributed by atoms with Crippen LogP contribution in [0.5, 0.6) is 0 Å². The molecule has 0 saturated carbocycles. The highest BCUT2D eigenvalue weighted by molar-refractivity contribution is 7.81. The van der Waals surface area contributed by atoms with Crippen LogP contribution in [-0.2, 0) is 11.2 Å². The molecule has 1 aromatic carbocycles. The Balaban J connectivity index is 2.63. The van der Waals surface area contributed by atoms with E-state index in [1.165, 1.54) is 0 Å². The third-order valence-electron chi connectivity index (χ3n) is 1.86. The molecular weight excluding hydrogens is 239 g/mol. The predicted molar refractivity (Wildman–Crippen MR) is 63.6 cm³/mol. The largest absolute Gasteiger partial charge is 0.299 e. The van der Waals surface area contributed by atoms with Crippen LogP contribution in [-0.4, -0.2) is 11.5 Å². The summed E-state index contributed by atoms with van der Waals surface area (Å²) in [4.78, 5) is 11.0. The maximum atomic E-state index is 11.0. The van der Waals surface area contributed by atoms with E-state index in [0.29, 0.717) is 22.9 Å². The number of benzene rings is 1. The Labute approximate surface area is 98.8 Å². The molecule has 0 bridgehead atoms. The van der Waals surface area contributed by atoms with E-state index in [9.17, 15) is 4.79 Å². The average molecular weight is 249 g/mol. The van der Waals surface area contributed by atoms with Crippen molar-refractivity contribution in [3.05, 3.63) is 33.8 Å². The first-order valence-electron chi connectivity index (χ1n) is 4.20. The molecule has 1 aromatic rings. The standard InChI is InChI=1S/C10H10Cl2OS/c11-8-3-1-7(10(12)5-8)2-4-9(13)6-14/h1,3,5,14H,2,4,6H2. The maximum absolute atomic E-state index is 11.0. The first kappa shape index (κ1) is 11.9. The Morgan fingerprint density at radius 1 is 1.36 bits per heavy atom. The number of carbonyl (C=O) groups is 1. The monoisotopic (exact) mass is 248 g/mol. The van der Waals surface area contributed by atoms with Crippen molar-refractivity contribution in [3.63, 3.8) is 0 Å². The fraction of sp³-hybridized carbons (Fsp3) is 0.300. The van der Waals surface area contributed by atoms with Gasteiger partial charge in [0.1, 0.15) is 5.78 Å². The molecule has 76 valence electrons. The Bertz CT molecular complexity index is 339. The molecule has 0 heterocycles. The average Bonchev–Trinajstić information content (AvgIpc) is 2.16. The zero-order chi connectivity index (χ0) is 10.6. The van der Waals surface area contributed by atoms with Crippen LogP contribution in [0, 0.1) is 0 Å². The number of Topliss-reactive ketones (excluding diaryl/α,β-unsaturated/α-hetero) is 1. The molecule has 1 rings (SSSR count). The molecule has 0 radical (unpaired) electrons. The maximum Gasteiger partial charge on any atom is 0.142 e. The fourth-order valence-corrected chi connectivity index (χ4v) is 1.74.